The Balaban J connectivity index is 0.00000144. The maximum absolute atomic E-state index is 3.87. The van der Waals surface area contributed by atoms with Gasteiger partial charge in [0.1, 0.15) is 0 Å². The van der Waals surface area contributed by atoms with Gasteiger partial charge in [0.25, 0.3) is 0 Å². The lowest BCUT2D eigenvalue weighted by atomic mass is 9.74. The van der Waals surface area contributed by atoms with Gasteiger partial charge in [0, 0.05) is 0 Å². The molecule has 0 aliphatic heterocycles. The van der Waals surface area contributed by atoms with Crippen LogP contribution in [-0.2, 0) is 0 Å². The monoisotopic (exact) mass is 178 g/mol. The minimum Gasteiger partial charge on any atom is -0.103 e. The second kappa shape index (κ2) is 5.80. The summed E-state index contributed by atoms with van der Waals surface area (Å²) in [5, 5.41) is 0. The van der Waals surface area contributed by atoms with Gasteiger partial charge in [-0.1, -0.05) is 25.7 Å². The van der Waals surface area contributed by atoms with E-state index in [1.54, 1.807) is 0 Å². The van der Waals surface area contributed by atoms with Gasteiger partial charge in [-0.3, -0.25) is 0 Å². The molecule has 0 amide bonds. The molecule has 0 radical (unpaired) electrons. The molecule has 0 aromatic rings. The summed E-state index contributed by atoms with van der Waals surface area (Å²) >= 11 is 0. The topological polar surface area (TPSA) is 0 Å². The van der Waals surface area contributed by atoms with Crippen molar-refractivity contribution in [2.24, 2.45) is 17.8 Å². The van der Waals surface area contributed by atoms with Crippen molar-refractivity contribution in [2.45, 2.75) is 26.7 Å². The normalized spacial score (nSPS) is 32.8. The van der Waals surface area contributed by atoms with Gasteiger partial charge in [0.2, 0.25) is 0 Å². The fourth-order valence-electron chi connectivity index (χ4n) is 2.04. The quantitative estimate of drug-likeness (QED) is 0.568. The molecular weight excluding hydrogens is 156 g/mol. The first-order valence-corrected chi connectivity index (χ1v) is 4.69. The summed E-state index contributed by atoms with van der Waals surface area (Å²) in [6.07, 6.45) is 9.95. The number of hydrogen-bond acceptors (Lipinski definition) is 0. The van der Waals surface area contributed by atoms with Gasteiger partial charge in [0.05, 0.1) is 0 Å². The average molecular weight is 178 g/mol. The van der Waals surface area contributed by atoms with Crippen molar-refractivity contribution in [3.63, 3.8) is 0 Å². The van der Waals surface area contributed by atoms with Crippen LogP contribution in [0.3, 0.4) is 0 Å². The van der Waals surface area contributed by atoms with Crippen molar-refractivity contribution in [1.29, 1.82) is 0 Å². The van der Waals surface area contributed by atoms with E-state index in [0.717, 1.165) is 0 Å². The van der Waals surface area contributed by atoms with E-state index >= 15 is 0 Å². The van der Waals surface area contributed by atoms with Gasteiger partial charge in [0.15, 0.2) is 0 Å². The molecule has 1 saturated carbocycles. The molecule has 74 valence electrons. The fourth-order valence-corrected chi connectivity index (χ4v) is 2.04. The van der Waals surface area contributed by atoms with Gasteiger partial charge < -0.3 is 0 Å². The summed E-state index contributed by atoms with van der Waals surface area (Å²) in [6, 6.07) is 0. The average Bonchev–Trinajstić information content (AvgIpc) is 2.16. The molecule has 0 heterocycles. The van der Waals surface area contributed by atoms with E-state index in [4.69, 9.17) is 0 Å². The van der Waals surface area contributed by atoms with Crippen molar-refractivity contribution in [3.05, 3.63) is 38.0 Å². The first-order chi connectivity index (χ1) is 5.81. The highest BCUT2D eigenvalue weighted by molar-refractivity contribution is 4.99. The first-order valence-electron chi connectivity index (χ1n) is 4.69. The Kier molecular flexibility index (Phi) is 5.45. The summed E-state index contributed by atoms with van der Waals surface area (Å²) in [4.78, 5) is 0. The number of rotatable bonds is 3. The maximum atomic E-state index is 3.87. The van der Waals surface area contributed by atoms with E-state index in [-0.39, 0.29) is 7.43 Å². The van der Waals surface area contributed by atoms with E-state index in [0.29, 0.717) is 17.8 Å². The zero-order valence-corrected chi connectivity index (χ0v) is 7.71. The van der Waals surface area contributed by atoms with E-state index in [1.165, 1.54) is 19.3 Å². The molecule has 1 rings (SSSR count). The lowest BCUT2D eigenvalue weighted by Gasteiger charge is -2.31. The zero-order valence-electron chi connectivity index (χ0n) is 7.71. The summed E-state index contributed by atoms with van der Waals surface area (Å²) in [6.45, 7) is 11.6. The van der Waals surface area contributed by atoms with Crippen LogP contribution < -0.4 is 0 Å². The molecule has 0 aromatic carbocycles. The zero-order chi connectivity index (χ0) is 8.97. The van der Waals surface area contributed by atoms with Crippen molar-refractivity contribution >= 4 is 0 Å². The van der Waals surface area contributed by atoms with Gasteiger partial charge >= 0.3 is 0 Å². The maximum Gasteiger partial charge on any atom is -0.0168 e. The minimum absolute atomic E-state index is 0. The molecule has 1 aliphatic rings. The second-order valence-corrected chi connectivity index (χ2v) is 3.61. The Bertz CT molecular complexity index is 178. The van der Waals surface area contributed by atoms with Crippen LogP contribution in [0.25, 0.3) is 0 Å². The Morgan fingerprint density at radius 3 is 1.92 bits per heavy atom. The largest absolute Gasteiger partial charge is 0.103 e. The lowest BCUT2D eigenvalue weighted by molar-refractivity contribution is 0.288. The minimum atomic E-state index is 0. The van der Waals surface area contributed by atoms with Crippen LogP contribution in [0.5, 0.6) is 0 Å². The Morgan fingerprint density at radius 2 is 1.46 bits per heavy atom. The molecule has 0 saturated heterocycles. The summed E-state index contributed by atoms with van der Waals surface area (Å²) in [7, 11) is 0. The van der Waals surface area contributed by atoms with Crippen LogP contribution in [0.1, 0.15) is 26.7 Å². The summed E-state index contributed by atoms with van der Waals surface area (Å²) in [5.74, 6) is 1.97. The lowest BCUT2D eigenvalue weighted by Crippen LogP contribution is -2.20. The summed E-state index contributed by atoms with van der Waals surface area (Å²) < 4.78 is 0. The molecule has 2 unspecified atom stereocenters. The van der Waals surface area contributed by atoms with Gasteiger partial charge in [-0.05, 0) is 37.0 Å². The van der Waals surface area contributed by atoms with Crippen LogP contribution in [-0.4, -0.2) is 0 Å². The molecular formula is C13H22. The van der Waals surface area contributed by atoms with Gasteiger partial charge in [-0.15, -0.1) is 19.7 Å². The van der Waals surface area contributed by atoms with Crippen molar-refractivity contribution in [2.75, 3.05) is 0 Å². The van der Waals surface area contributed by atoms with Crippen molar-refractivity contribution < 1.29 is 0 Å². The molecule has 0 N–H and O–H groups in total. The second-order valence-electron chi connectivity index (χ2n) is 3.61. The van der Waals surface area contributed by atoms with Gasteiger partial charge in [-0.2, -0.15) is 0 Å². The number of hydrogen-bond donors (Lipinski definition) is 0. The predicted octanol–water partition coefficient (Wildman–Crippen LogP) is 4.21. The van der Waals surface area contributed by atoms with E-state index < -0.39 is 0 Å². The van der Waals surface area contributed by atoms with Crippen molar-refractivity contribution in [1.82, 2.24) is 0 Å². The first kappa shape index (κ1) is 12.2. The Labute approximate surface area is 83.0 Å². The smallest absolute Gasteiger partial charge is 0.0168 e. The van der Waals surface area contributed by atoms with Crippen molar-refractivity contribution in [3.8, 4) is 0 Å². The third kappa shape index (κ3) is 2.87. The third-order valence-electron chi connectivity index (χ3n) is 2.93. The molecule has 0 heteroatoms. The molecule has 1 fully saturated rings. The van der Waals surface area contributed by atoms with E-state index in [9.17, 15) is 0 Å². The third-order valence-corrected chi connectivity index (χ3v) is 2.93. The van der Waals surface area contributed by atoms with Crippen LogP contribution in [0.2, 0.25) is 0 Å². The Hall–Kier alpha value is -0.780. The fraction of sp³-hybridized carbons (Fsp3) is 0.538. The predicted molar refractivity (Wildman–Crippen MR) is 61.6 cm³/mol. The highest BCUT2D eigenvalue weighted by Gasteiger charge is 2.24. The number of allylic oxidation sites excluding steroid dienone is 3. The van der Waals surface area contributed by atoms with E-state index in [2.05, 4.69) is 38.0 Å². The highest BCUT2D eigenvalue weighted by atomic mass is 14.3. The highest BCUT2D eigenvalue weighted by Crippen LogP contribution is 2.35. The molecule has 3 atom stereocenters. The molecule has 13 heavy (non-hydrogen) atoms. The van der Waals surface area contributed by atoms with Crippen LogP contribution in [0.4, 0.5) is 0 Å². The summed E-state index contributed by atoms with van der Waals surface area (Å²) in [5.41, 5.74) is 0. The molecule has 1 aliphatic carbocycles. The SMILES string of the molecule is C.C=CC1CCC(C=C)[C@H](C=C)C1. The molecule has 0 aromatic heterocycles. The van der Waals surface area contributed by atoms with E-state index in [1.807, 2.05) is 0 Å². The molecule has 0 spiro atoms. The molecule has 0 bridgehead atoms. The van der Waals surface area contributed by atoms with Gasteiger partial charge in [-0.25, -0.2) is 0 Å². The molecule has 0 nitrogen and oxygen atoms in total. The standard InChI is InChI=1S/C12H18.CH4/c1-4-10-7-8-11(5-2)12(6-3)9-10;/h4-6,10-12H,1-3,7-9H2;1H4/t10?,11?,12-;/m1./s1. The Morgan fingerprint density at radius 1 is 0.846 bits per heavy atom. The van der Waals surface area contributed by atoms with Crippen LogP contribution in [0, 0.1) is 17.8 Å². The van der Waals surface area contributed by atoms with Crippen LogP contribution in [0.15, 0.2) is 38.0 Å². The van der Waals surface area contributed by atoms with Crippen LogP contribution >= 0.6 is 0 Å².